The van der Waals surface area contributed by atoms with Crippen LogP contribution in [0.4, 0.5) is 14.5 Å². The average Bonchev–Trinajstić information content (AvgIpc) is 3.02. The Balaban J connectivity index is 1.67. The van der Waals surface area contributed by atoms with Crippen LogP contribution in [0.5, 0.6) is 5.75 Å². The molecule has 0 spiro atoms. The highest BCUT2D eigenvalue weighted by molar-refractivity contribution is 7.91. The number of hydrogen-bond donors (Lipinski definition) is 1. The van der Waals surface area contributed by atoms with E-state index in [1.165, 1.54) is 18.2 Å². The minimum Gasteiger partial charge on any atom is -0.433 e. The third-order valence-electron chi connectivity index (χ3n) is 5.45. The lowest BCUT2D eigenvalue weighted by atomic mass is 9.93. The summed E-state index contributed by atoms with van der Waals surface area (Å²) in [5, 5.41) is 2.97. The number of amides is 1. The number of anilines is 1. The molecule has 162 valence electrons. The molecule has 6 nitrogen and oxygen atoms in total. The molecule has 2 aliphatic rings. The van der Waals surface area contributed by atoms with Crippen LogP contribution in [-0.2, 0) is 14.6 Å². The predicted molar refractivity (Wildman–Crippen MR) is 107 cm³/mol. The first kappa shape index (κ1) is 22.1. The number of nitrogens with one attached hydrogen (secondary N) is 1. The molecule has 0 radical (unpaired) electrons. The van der Waals surface area contributed by atoms with Crippen molar-refractivity contribution in [3.05, 3.63) is 23.2 Å². The van der Waals surface area contributed by atoms with Crippen molar-refractivity contribution in [1.82, 2.24) is 4.90 Å². The van der Waals surface area contributed by atoms with Gasteiger partial charge in [0.2, 0.25) is 5.91 Å². The molecular formula is C19H25ClF2N2O4S. The van der Waals surface area contributed by atoms with Gasteiger partial charge in [0.15, 0.2) is 9.84 Å². The number of halogens is 3. The van der Waals surface area contributed by atoms with Gasteiger partial charge in [0.05, 0.1) is 23.1 Å². The second-order valence-corrected chi connectivity index (χ2v) is 10.2. The van der Waals surface area contributed by atoms with Crippen molar-refractivity contribution in [1.29, 1.82) is 0 Å². The Bertz CT molecular complexity index is 831. The van der Waals surface area contributed by atoms with Crippen LogP contribution in [0.3, 0.4) is 0 Å². The maximum atomic E-state index is 13.0. The second-order valence-electron chi connectivity index (χ2n) is 7.53. The minimum atomic E-state index is -3.11. The fraction of sp³-hybridized carbons (Fsp3) is 0.632. The number of nitrogens with zero attached hydrogens (tertiary/aromatic N) is 1. The summed E-state index contributed by atoms with van der Waals surface area (Å²) in [5.74, 6) is -0.176. The molecule has 1 aliphatic heterocycles. The SMILES string of the molecule is O=C(CNc1ccc(OC(F)F)c(Cl)c1)N(C1CCCCC1)[C@H]1CCS(=O)(=O)C1. The predicted octanol–water partition coefficient (Wildman–Crippen LogP) is 3.70. The molecular weight excluding hydrogens is 426 g/mol. The van der Waals surface area contributed by atoms with Gasteiger partial charge in [-0.1, -0.05) is 30.9 Å². The molecule has 1 saturated carbocycles. The van der Waals surface area contributed by atoms with Gasteiger partial charge in [-0.2, -0.15) is 8.78 Å². The summed E-state index contributed by atoms with van der Waals surface area (Å²) < 4.78 is 52.9. The van der Waals surface area contributed by atoms with Gasteiger partial charge in [-0.15, -0.1) is 0 Å². The molecule has 1 aromatic carbocycles. The van der Waals surface area contributed by atoms with Crippen LogP contribution in [0.2, 0.25) is 5.02 Å². The van der Waals surface area contributed by atoms with Crippen molar-refractivity contribution in [2.45, 2.75) is 57.2 Å². The quantitative estimate of drug-likeness (QED) is 0.685. The Morgan fingerprint density at radius 1 is 1.21 bits per heavy atom. The van der Waals surface area contributed by atoms with Crippen molar-refractivity contribution in [3.63, 3.8) is 0 Å². The third kappa shape index (κ3) is 5.94. The van der Waals surface area contributed by atoms with E-state index in [9.17, 15) is 22.0 Å². The van der Waals surface area contributed by atoms with Gasteiger partial charge in [-0.3, -0.25) is 4.79 Å². The minimum absolute atomic E-state index is 0.00812. The van der Waals surface area contributed by atoms with E-state index in [-0.39, 0.29) is 46.8 Å². The molecule has 0 unspecified atom stereocenters. The first-order chi connectivity index (χ1) is 13.7. The van der Waals surface area contributed by atoms with E-state index in [1.54, 1.807) is 4.90 Å². The van der Waals surface area contributed by atoms with E-state index in [2.05, 4.69) is 10.1 Å². The number of hydrogen-bond acceptors (Lipinski definition) is 5. The molecule has 1 amide bonds. The van der Waals surface area contributed by atoms with Crippen molar-refractivity contribution < 1.29 is 26.7 Å². The molecule has 1 aliphatic carbocycles. The zero-order chi connectivity index (χ0) is 21.0. The summed E-state index contributed by atoms with van der Waals surface area (Å²) in [5.41, 5.74) is 0.493. The highest BCUT2D eigenvalue weighted by atomic mass is 35.5. The molecule has 1 aromatic rings. The number of alkyl halides is 2. The van der Waals surface area contributed by atoms with Crippen molar-refractivity contribution in [2.75, 3.05) is 23.4 Å². The van der Waals surface area contributed by atoms with Crippen LogP contribution in [-0.4, -0.2) is 56.0 Å². The Hall–Kier alpha value is -1.61. The van der Waals surface area contributed by atoms with Gasteiger partial charge in [0.1, 0.15) is 5.75 Å². The first-order valence-electron chi connectivity index (χ1n) is 9.75. The van der Waals surface area contributed by atoms with E-state index >= 15 is 0 Å². The smallest absolute Gasteiger partial charge is 0.387 e. The van der Waals surface area contributed by atoms with E-state index < -0.39 is 16.4 Å². The zero-order valence-corrected chi connectivity index (χ0v) is 17.5. The Morgan fingerprint density at radius 2 is 1.93 bits per heavy atom. The fourth-order valence-electron chi connectivity index (χ4n) is 4.13. The number of carbonyl (C=O) groups is 1. The van der Waals surface area contributed by atoms with E-state index in [1.807, 2.05) is 0 Å². The Kier molecular flexibility index (Phi) is 7.21. The summed E-state index contributed by atoms with van der Waals surface area (Å²) in [4.78, 5) is 14.8. The first-order valence-corrected chi connectivity index (χ1v) is 11.9. The van der Waals surface area contributed by atoms with Gasteiger partial charge in [0, 0.05) is 17.8 Å². The molecule has 1 heterocycles. The summed E-state index contributed by atoms with van der Waals surface area (Å²) in [6, 6.07) is 3.99. The fourth-order valence-corrected chi connectivity index (χ4v) is 6.07. The Morgan fingerprint density at radius 3 is 2.52 bits per heavy atom. The highest BCUT2D eigenvalue weighted by Crippen LogP contribution is 2.30. The van der Waals surface area contributed by atoms with Crippen LogP contribution in [0.15, 0.2) is 18.2 Å². The van der Waals surface area contributed by atoms with Gasteiger partial charge in [-0.05, 0) is 37.5 Å². The number of sulfone groups is 1. The maximum Gasteiger partial charge on any atom is 0.387 e. The number of benzene rings is 1. The van der Waals surface area contributed by atoms with Gasteiger partial charge in [0.25, 0.3) is 0 Å². The molecule has 1 atom stereocenters. The monoisotopic (exact) mass is 450 g/mol. The number of carbonyl (C=O) groups excluding carboxylic acids is 1. The summed E-state index contributed by atoms with van der Waals surface area (Å²) in [6.07, 6.45) is 5.42. The molecule has 1 saturated heterocycles. The lowest BCUT2D eigenvalue weighted by molar-refractivity contribution is -0.134. The van der Waals surface area contributed by atoms with Gasteiger partial charge in [-0.25, -0.2) is 8.42 Å². The van der Waals surface area contributed by atoms with Crippen LogP contribution in [0.1, 0.15) is 38.5 Å². The summed E-state index contributed by atoms with van der Waals surface area (Å²) in [6.45, 7) is -3.00. The average molecular weight is 451 g/mol. The topological polar surface area (TPSA) is 75.7 Å². The van der Waals surface area contributed by atoms with Crippen molar-refractivity contribution >= 4 is 33.0 Å². The van der Waals surface area contributed by atoms with Crippen molar-refractivity contribution in [3.8, 4) is 5.75 Å². The van der Waals surface area contributed by atoms with Gasteiger partial charge >= 0.3 is 6.61 Å². The molecule has 29 heavy (non-hydrogen) atoms. The third-order valence-corrected chi connectivity index (χ3v) is 7.50. The van der Waals surface area contributed by atoms with Gasteiger partial charge < -0.3 is 15.0 Å². The van der Waals surface area contributed by atoms with Crippen LogP contribution >= 0.6 is 11.6 Å². The lowest BCUT2D eigenvalue weighted by Crippen LogP contribution is -2.50. The number of rotatable bonds is 7. The zero-order valence-electron chi connectivity index (χ0n) is 16.0. The van der Waals surface area contributed by atoms with E-state index in [4.69, 9.17) is 11.6 Å². The highest BCUT2D eigenvalue weighted by Gasteiger charge is 2.38. The molecule has 0 aromatic heterocycles. The Labute approximate surface area is 174 Å². The lowest BCUT2D eigenvalue weighted by Gasteiger charge is -2.38. The van der Waals surface area contributed by atoms with Crippen LogP contribution in [0.25, 0.3) is 0 Å². The van der Waals surface area contributed by atoms with Crippen LogP contribution < -0.4 is 10.1 Å². The van der Waals surface area contributed by atoms with E-state index in [0.29, 0.717) is 12.1 Å². The largest absolute Gasteiger partial charge is 0.433 e. The normalized spacial score (nSPS) is 21.9. The molecule has 1 N–H and O–H groups in total. The number of ether oxygens (including phenoxy) is 1. The van der Waals surface area contributed by atoms with Crippen molar-refractivity contribution in [2.24, 2.45) is 0 Å². The summed E-state index contributed by atoms with van der Waals surface area (Å²) in [7, 11) is -3.11. The molecule has 0 bridgehead atoms. The molecule has 10 heteroatoms. The molecule has 2 fully saturated rings. The molecule has 3 rings (SSSR count). The second kappa shape index (κ2) is 9.47. The van der Waals surface area contributed by atoms with E-state index in [0.717, 1.165) is 32.1 Å². The standard InChI is InChI=1S/C19H25ClF2N2O4S/c20-16-10-13(6-7-17(16)28-19(21)22)23-11-18(25)24(14-4-2-1-3-5-14)15-8-9-29(26,27)12-15/h6-7,10,14-15,19,23H,1-5,8-9,11-12H2/t15-/m0/s1. The summed E-state index contributed by atoms with van der Waals surface area (Å²) >= 11 is 5.95. The maximum absolute atomic E-state index is 13.0. The van der Waals surface area contributed by atoms with Crippen LogP contribution in [0, 0.1) is 0 Å².